The average Bonchev–Trinajstić information content (AvgIpc) is 2.80. The zero-order chi connectivity index (χ0) is 21.9. The van der Waals surface area contributed by atoms with Gasteiger partial charge in [0.25, 0.3) is 0 Å². The van der Waals surface area contributed by atoms with Gasteiger partial charge in [0.1, 0.15) is 13.7 Å². The topological polar surface area (TPSA) is 89.2 Å². The number of morpholine rings is 1. The molecule has 0 amide bonds. The minimum absolute atomic E-state index is 0.493. The van der Waals surface area contributed by atoms with Crippen LogP contribution in [0.5, 0.6) is 0 Å². The highest BCUT2D eigenvalue weighted by molar-refractivity contribution is 6.33. The molecule has 4 aromatic rings. The monoisotopic (exact) mass is 422 g/mol. The maximum Gasteiger partial charge on any atom is 0.227 e. The molecule has 7 nitrogen and oxygen atoms in total. The Morgan fingerprint density at radius 2 is 1.88 bits per heavy atom. The molecule has 32 heavy (non-hydrogen) atoms. The van der Waals surface area contributed by atoms with Gasteiger partial charge in [0.15, 0.2) is 0 Å². The molecule has 1 fully saturated rings. The summed E-state index contributed by atoms with van der Waals surface area (Å²) < 4.78 is 5.49. The predicted octanol–water partition coefficient (Wildman–Crippen LogP) is 2.64. The number of anilines is 3. The standard InChI is InChI=1S/C24H23BN6O/c25-20-1-2-22-19(11-20)14-28-24(30-22)29-21-10-16(15-31-5-7-32-8-6-31)9-18(12-21)17-3-4-27-23(26)13-17/h1-4,9-14H,5-8,15H2,(H2,26,27)(H,28,29,30). The Morgan fingerprint density at radius 1 is 1.00 bits per heavy atom. The molecule has 0 aliphatic carbocycles. The SMILES string of the molecule is [B]c1ccc2nc(Nc3cc(CN4CCOCC4)cc(-c4ccnc(N)c4)c3)ncc2c1. The molecular weight excluding hydrogens is 399 g/mol. The summed E-state index contributed by atoms with van der Waals surface area (Å²) >= 11 is 0. The normalized spacial score (nSPS) is 14.5. The fraction of sp³-hybridized carbons (Fsp3) is 0.208. The van der Waals surface area contributed by atoms with Crippen molar-refractivity contribution in [2.45, 2.75) is 6.54 Å². The van der Waals surface area contributed by atoms with Crippen LogP contribution in [0.25, 0.3) is 22.0 Å². The van der Waals surface area contributed by atoms with Gasteiger partial charge < -0.3 is 15.8 Å². The third-order valence-corrected chi connectivity index (χ3v) is 5.48. The van der Waals surface area contributed by atoms with E-state index in [2.05, 4.69) is 43.4 Å². The second-order valence-corrected chi connectivity index (χ2v) is 7.91. The number of fused-ring (bicyclic) bond motifs is 1. The molecule has 1 aliphatic heterocycles. The maximum atomic E-state index is 5.93. The van der Waals surface area contributed by atoms with Crippen molar-refractivity contribution in [2.75, 3.05) is 37.4 Å². The summed E-state index contributed by atoms with van der Waals surface area (Å²) in [4.78, 5) is 15.6. The van der Waals surface area contributed by atoms with Gasteiger partial charge in [-0.1, -0.05) is 17.6 Å². The van der Waals surface area contributed by atoms with Gasteiger partial charge in [-0.25, -0.2) is 15.0 Å². The van der Waals surface area contributed by atoms with E-state index in [0.29, 0.717) is 17.2 Å². The number of nitrogens with one attached hydrogen (secondary N) is 1. The number of nitrogen functional groups attached to an aromatic ring is 1. The van der Waals surface area contributed by atoms with E-state index in [1.807, 2.05) is 30.3 Å². The van der Waals surface area contributed by atoms with Gasteiger partial charge in [-0.2, -0.15) is 0 Å². The smallest absolute Gasteiger partial charge is 0.227 e. The van der Waals surface area contributed by atoms with Gasteiger partial charge in [-0.15, -0.1) is 0 Å². The van der Waals surface area contributed by atoms with Crippen LogP contribution in [0.1, 0.15) is 5.56 Å². The van der Waals surface area contributed by atoms with Crippen LogP contribution in [0.15, 0.2) is 60.9 Å². The van der Waals surface area contributed by atoms with Gasteiger partial charge in [-0.3, -0.25) is 4.90 Å². The van der Waals surface area contributed by atoms with Crippen molar-refractivity contribution < 1.29 is 4.74 Å². The Hall–Kier alpha value is -3.49. The summed E-state index contributed by atoms with van der Waals surface area (Å²) in [6.07, 6.45) is 3.51. The second-order valence-electron chi connectivity index (χ2n) is 7.91. The minimum atomic E-state index is 0.493. The molecule has 1 saturated heterocycles. The largest absolute Gasteiger partial charge is 0.384 e. The van der Waals surface area contributed by atoms with Crippen LogP contribution in [-0.4, -0.2) is 54.0 Å². The zero-order valence-corrected chi connectivity index (χ0v) is 17.7. The Labute approximate surface area is 188 Å². The van der Waals surface area contributed by atoms with E-state index in [0.717, 1.165) is 60.6 Å². The van der Waals surface area contributed by atoms with Crippen molar-refractivity contribution in [3.05, 3.63) is 66.5 Å². The van der Waals surface area contributed by atoms with E-state index < -0.39 is 0 Å². The van der Waals surface area contributed by atoms with E-state index >= 15 is 0 Å². The first-order chi connectivity index (χ1) is 15.6. The lowest BCUT2D eigenvalue weighted by atomic mass is 9.95. The molecule has 0 saturated carbocycles. The Kier molecular flexibility index (Phi) is 5.71. The molecule has 1 aliphatic rings. The van der Waals surface area contributed by atoms with Gasteiger partial charge in [0.2, 0.25) is 5.95 Å². The van der Waals surface area contributed by atoms with Crippen molar-refractivity contribution in [1.82, 2.24) is 19.9 Å². The molecule has 3 heterocycles. The summed E-state index contributed by atoms with van der Waals surface area (Å²) in [7, 11) is 5.87. The molecule has 0 unspecified atom stereocenters. The number of aromatic nitrogens is 3. The van der Waals surface area contributed by atoms with Crippen molar-refractivity contribution >= 4 is 41.7 Å². The number of hydrogen-bond acceptors (Lipinski definition) is 7. The first-order valence-electron chi connectivity index (χ1n) is 10.6. The second kappa shape index (κ2) is 8.94. The summed E-state index contributed by atoms with van der Waals surface area (Å²) in [5.41, 5.74) is 11.6. The van der Waals surface area contributed by atoms with Gasteiger partial charge in [0, 0.05) is 43.1 Å². The number of nitrogens with two attached hydrogens (primary N) is 1. The Morgan fingerprint density at radius 3 is 2.72 bits per heavy atom. The molecule has 8 heteroatoms. The minimum Gasteiger partial charge on any atom is -0.384 e. The van der Waals surface area contributed by atoms with Crippen LogP contribution in [0.2, 0.25) is 0 Å². The number of pyridine rings is 1. The fourth-order valence-corrected chi connectivity index (χ4v) is 3.91. The van der Waals surface area contributed by atoms with Crippen LogP contribution in [0.4, 0.5) is 17.5 Å². The first kappa shape index (κ1) is 20.4. The molecule has 0 atom stereocenters. The lowest BCUT2D eigenvalue weighted by Gasteiger charge is -2.27. The van der Waals surface area contributed by atoms with Crippen LogP contribution in [-0.2, 0) is 11.3 Å². The highest BCUT2D eigenvalue weighted by Gasteiger charge is 2.13. The molecule has 5 rings (SSSR count). The van der Waals surface area contributed by atoms with Crippen LogP contribution in [0.3, 0.4) is 0 Å². The van der Waals surface area contributed by atoms with Crippen LogP contribution < -0.4 is 16.5 Å². The number of benzene rings is 2. The third kappa shape index (κ3) is 4.71. The number of nitrogens with zero attached hydrogens (tertiary/aromatic N) is 4. The first-order valence-corrected chi connectivity index (χ1v) is 10.6. The van der Waals surface area contributed by atoms with Crippen molar-refractivity contribution in [1.29, 1.82) is 0 Å². The Balaban J connectivity index is 1.49. The van der Waals surface area contributed by atoms with E-state index in [-0.39, 0.29) is 0 Å². The molecule has 2 aromatic carbocycles. The molecule has 0 bridgehead atoms. The van der Waals surface area contributed by atoms with Crippen LogP contribution >= 0.6 is 0 Å². The number of rotatable bonds is 5. The highest BCUT2D eigenvalue weighted by atomic mass is 16.5. The molecule has 2 radical (unpaired) electrons. The van der Waals surface area contributed by atoms with Crippen molar-refractivity contribution in [3.8, 4) is 11.1 Å². The van der Waals surface area contributed by atoms with Gasteiger partial charge in [0.05, 0.1) is 18.7 Å². The number of ether oxygens (including phenoxy) is 1. The fourth-order valence-electron chi connectivity index (χ4n) is 3.91. The van der Waals surface area contributed by atoms with Crippen molar-refractivity contribution in [2.24, 2.45) is 0 Å². The van der Waals surface area contributed by atoms with Gasteiger partial charge in [-0.05, 0) is 53.1 Å². The van der Waals surface area contributed by atoms with Crippen molar-refractivity contribution in [3.63, 3.8) is 0 Å². The predicted molar refractivity (Wildman–Crippen MR) is 128 cm³/mol. The maximum absolute atomic E-state index is 5.93. The summed E-state index contributed by atoms with van der Waals surface area (Å²) in [6.45, 7) is 4.21. The molecule has 2 aromatic heterocycles. The van der Waals surface area contributed by atoms with Crippen LogP contribution in [0, 0.1) is 0 Å². The summed E-state index contributed by atoms with van der Waals surface area (Å²) in [5.74, 6) is 1.03. The van der Waals surface area contributed by atoms with Gasteiger partial charge >= 0.3 is 0 Å². The third-order valence-electron chi connectivity index (χ3n) is 5.48. The molecule has 0 spiro atoms. The summed E-state index contributed by atoms with van der Waals surface area (Å²) in [6, 6.07) is 15.9. The quantitative estimate of drug-likeness (QED) is 0.478. The van der Waals surface area contributed by atoms with E-state index in [1.165, 1.54) is 5.56 Å². The van der Waals surface area contributed by atoms with E-state index in [9.17, 15) is 0 Å². The number of hydrogen-bond donors (Lipinski definition) is 2. The van der Waals surface area contributed by atoms with E-state index in [4.69, 9.17) is 18.3 Å². The molecular formula is C24H23BN6O. The Bertz CT molecular complexity index is 1260. The summed E-state index contributed by atoms with van der Waals surface area (Å²) in [5, 5.41) is 4.28. The average molecular weight is 422 g/mol. The molecule has 3 N–H and O–H groups in total. The molecule has 158 valence electrons. The lowest BCUT2D eigenvalue weighted by Crippen LogP contribution is -2.35. The lowest BCUT2D eigenvalue weighted by molar-refractivity contribution is 0.0342. The van der Waals surface area contributed by atoms with E-state index in [1.54, 1.807) is 12.4 Å². The highest BCUT2D eigenvalue weighted by Crippen LogP contribution is 2.28. The zero-order valence-electron chi connectivity index (χ0n) is 17.7.